The molecule has 1 rings (SSSR count). The highest BCUT2D eigenvalue weighted by atomic mass is 35.5. The molecule has 0 radical (unpaired) electrons. The Balaban J connectivity index is 3.18. The van der Waals surface area contributed by atoms with Crippen LogP contribution in [0.1, 0.15) is 13.8 Å². The maximum absolute atomic E-state index is 12.1. The number of sulfonamides is 1. The molecule has 1 unspecified atom stereocenters. The van der Waals surface area contributed by atoms with Gasteiger partial charge in [-0.05, 0) is 18.1 Å². The predicted octanol–water partition coefficient (Wildman–Crippen LogP) is 2.38. The van der Waals surface area contributed by atoms with Crippen molar-refractivity contribution in [2.75, 3.05) is 0 Å². The summed E-state index contributed by atoms with van der Waals surface area (Å²) in [4.78, 5) is 10.8. The summed E-state index contributed by atoms with van der Waals surface area (Å²) in [6.07, 6.45) is 0. The fourth-order valence-electron chi connectivity index (χ4n) is 1.39. The third-order valence-corrected chi connectivity index (χ3v) is 4.83. The van der Waals surface area contributed by atoms with E-state index in [2.05, 4.69) is 4.72 Å². The van der Waals surface area contributed by atoms with Gasteiger partial charge in [0.2, 0.25) is 10.0 Å². The third kappa shape index (κ3) is 3.82. The quantitative estimate of drug-likeness (QED) is 0.870. The summed E-state index contributed by atoms with van der Waals surface area (Å²) in [6.45, 7) is 3.20. The van der Waals surface area contributed by atoms with Crippen LogP contribution in [0.4, 0.5) is 0 Å². The van der Waals surface area contributed by atoms with Crippen molar-refractivity contribution < 1.29 is 18.3 Å². The molecule has 2 N–H and O–H groups in total. The monoisotopic (exact) mass is 325 g/mol. The Kier molecular flexibility index (Phi) is 5.20. The second kappa shape index (κ2) is 6.09. The van der Waals surface area contributed by atoms with Gasteiger partial charge in [-0.15, -0.1) is 0 Å². The number of carbonyl (C=O) groups is 1. The molecule has 0 aromatic heterocycles. The molecule has 0 aliphatic heterocycles. The number of hydrogen-bond acceptors (Lipinski definition) is 3. The summed E-state index contributed by atoms with van der Waals surface area (Å²) in [6, 6.07) is 2.89. The number of carboxylic acids is 1. The molecular formula is C11H13Cl2NO4S. The standard InChI is InChI=1S/C11H13Cl2NO4S/c1-6(2)10(11(15)16)14-19(17,18)8-5-3-4-7(12)9(8)13/h3-6,10,14H,1-2H3,(H,15,16). The van der Waals surface area contributed by atoms with Gasteiger partial charge in [0.15, 0.2) is 0 Å². The van der Waals surface area contributed by atoms with E-state index in [1.54, 1.807) is 13.8 Å². The first-order chi connectivity index (χ1) is 8.66. The van der Waals surface area contributed by atoms with Crippen LogP contribution in [0.25, 0.3) is 0 Å². The maximum Gasteiger partial charge on any atom is 0.322 e. The summed E-state index contributed by atoms with van der Waals surface area (Å²) >= 11 is 11.6. The Morgan fingerprint density at radius 2 is 1.89 bits per heavy atom. The molecular weight excluding hydrogens is 313 g/mol. The smallest absolute Gasteiger partial charge is 0.322 e. The highest BCUT2D eigenvalue weighted by molar-refractivity contribution is 7.89. The van der Waals surface area contributed by atoms with Gasteiger partial charge in [-0.25, -0.2) is 8.42 Å². The van der Waals surface area contributed by atoms with Crippen LogP contribution in [0.15, 0.2) is 23.1 Å². The highest BCUT2D eigenvalue weighted by Crippen LogP contribution is 2.29. The highest BCUT2D eigenvalue weighted by Gasteiger charge is 2.29. The number of benzene rings is 1. The molecule has 5 nitrogen and oxygen atoms in total. The third-order valence-electron chi connectivity index (χ3n) is 2.42. The lowest BCUT2D eigenvalue weighted by atomic mass is 10.1. The number of nitrogens with one attached hydrogen (secondary N) is 1. The first-order valence-corrected chi connectivity index (χ1v) is 7.60. The fourth-order valence-corrected chi connectivity index (χ4v) is 3.49. The molecule has 0 spiro atoms. The van der Waals surface area contributed by atoms with E-state index in [0.29, 0.717) is 0 Å². The van der Waals surface area contributed by atoms with Crippen LogP contribution in [0.2, 0.25) is 10.0 Å². The van der Waals surface area contributed by atoms with Crippen molar-refractivity contribution in [2.45, 2.75) is 24.8 Å². The lowest BCUT2D eigenvalue weighted by Crippen LogP contribution is -2.44. The van der Waals surface area contributed by atoms with Gasteiger partial charge < -0.3 is 5.11 Å². The Hall–Kier alpha value is -0.820. The molecule has 0 saturated heterocycles. The van der Waals surface area contributed by atoms with Gasteiger partial charge in [-0.3, -0.25) is 4.79 Å². The van der Waals surface area contributed by atoms with Crippen molar-refractivity contribution in [3.8, 4) is 0 Å². The zero-order valence-electron chi connectivity index (χ0n) is 10.2. The molecule has 106 valence electrons. The average molecular weight is 326 g/mol. The van der Waals surface area contributed by atoms with E-state index in [-0.39, 0.29) is 14.9 Å². The SMILES string of the molecule is CC(C)C(NS(=O)(=O)c1cccc(Cl)c1Cl)C(=O)O. The van der Waals surface area contributed by atoms with E-state index in [0.717, 1.165) is 0 Å². The van der Waals surface area contributed by atoms with Crippen molar-refractivity contribution in [2.24, 2.45) is 5.92 Å². The van der Waals surface area contributed by atoms with E-state index in [1.807, 2.05) is 0 Å². The molecule has 1 atom stereocenters. The molecule has 1 aromatic rings. The zero-order valence-corrected chi connectivity index (χ0v) is 12.6. The molecule has 8 heteroatoms. The van der Waals surface area contributed by atoms with Gasteiger partial charge in [0, 0.05) is 0 Å². The summed E-state index contributed by atoms with van der Waals surface area (Å²) in [7, 11) is -4.05. The van der Waals surface area contributed by atoms with Crippen LogP contribution in [-0.4, -0.2) is 25.5 Å². The predicted molar refractivity (Wildman–Crippen MR) is 73.0 cm³/mol. The van der Waals surface area contributed by atoms with Crippen LogP contribution in [-0.2, 0) is 14.8 Å². The zero-order chi connectivity index (χ0) is 14.8. The van der Waals surface area contributed by atoms with Crippen molar-refractivity contribution >= 4 is 39.2 Å². The van der Waals surface area contributed by atoms with Crippen LogP contribution in [0.5, 0.6) is 0 Å². The lowest BCUT2D eigenvalue weighted by Gasteiger charge is -2.18. The van der Waals surface area contributed by atoms with E-state index >= 15 is 0 Å². The first kappa shape index (κ1) is 16.2. The minimum absolute atomic E-state index is 0.0842. The van der Waals surface area contributed by atoms with Crippen LogP contribution < -0.4 is 4.72 Å². The Bertz CT molecular complexity index is 586. The Morgan fingerprint density at radius 1 is 1.32 bits per heavy atom. The first-order valence-electron chi connectivity index (χ1n) is 5.36. The molecule has 1 aromatic carbocycles. The van der Waals surface area contributed by atoms with Gasteiger partial charge in [0.1, 0.15) is 10.9 Å². The topological polar surface area (TPSA) is 83.5 Å². The molecule has 19 heavy (non-hydrogen) atoms. The second-order valence-corrected chi connectivity index (χ2v) is 6.70. The summed E-state index contributed by atoms with van der Waals surface area (Å²) in [5, 5.41) is 8.94. The van der Waals surface area contributed by atoms with Gasteiger partial charge in [-0.1, -0.05) is 43.1 Å². The average Bonchev–Trinajstić information content (AvgIpc) is 2.28. The fraction of sp³-hybridized carbons (Fsp3) is 0.364. The number of hydrogen-bond donors (Lipinski definition) is 2. The van der Waals surface area contributed by atoms with Gasteiger partial charge in [0.05, 0.1) is 10.0 Å². The minimum Gasteiger partial charge on any atom is -0.480 e. The number of carboxylic acid groups (broad SMARTS) is 1. The van der Waals surface area contributed by atoms with Crippen LogP contribution >= 0.6 is 23.2 Å². The lowest BCUT2D eigenvalue weighted by molar-refractivity contribution is -0.140. The van der Waals surface area contributed by atoms with Crippen molar-refractivity contribution in [3.05, 3.63) is 28.2 Å². The molecule has 0 aliphatic rings. The van der Waals surface area contributed by atoms with Crippen LogP contribution in [0, 0.1) is 5.92 Å². The number of aliphatic carboxylic acids is 1. The number of rotatable bonds is 5. The largest absolute Gasteiger partial charge is 0.480 e. The molecule has 0 amide bonds. The van der Waals surface area contributed by atoms with E-state index in [1.165, 1.54) is 18.2 Å². The van der Waals surface area contributed by atoms with Gasteiger partial charge >= 0.3 is 5.97 Å². The van der Waals surface area contributed by atoms with E-state index < -0.39 is 28.0 Å². The minimum atomic E-state index is -4.05. The van der Waals surface area contributed by atoms with Crippen molar-refractivity contribution in [1.82, 2.24) is 4.72 Å². The summed E-state index contributed by atoms with van der Waals surface area (Å²) < 4.78 is 26.3. The van der Waals surface area contributed by atoms with E-state index in [9.17, 15) is 13.2 Å². The Labute approximate surface area is 121 Å². The second-order valence-electron chi connectivity index (χ2n) is 4.23. The van der Waals surface area contributed by atoms with E-state index in [4.69, 9.17) is 28.3 Å². The van der Waals surface area contributed by atoms with Crippen molar-refractivity contribution in [1.29, 1.82) is 0 Å². The molecule has 0 bridgehead atoms. The van der Waals surface area contributed by atoms with Crippen LogP contribution in [0.3, 0.4) is 0 Å². The molecule has 0 aliphatic carbocycles. The van der Waals surface area contributed by atoms with Crippen molar-refractivity contribution in [3.63, 3.8) is 0 Å². The molecule has 0 heterocycles. The number of halogens is 2. The maximum atomic E-state index is 12.1. The van der Waals surface area contributed by atoms with Gasteiger partial charge in [0.25, 0.3) is 0 Å². The Morgan fingerprint density at radius 3 is 2.37 bits per heavy atom. The van der Waals surface area contributed by atoms with Gasteiger partial charge in [-0.2, -0.15) is 4.72 Å². The molecule has 0 saturated carbocycles. The summed E-state index contributed by atoms with van der Waals surface area (Å²) in [5.41, 5.74) is 0. The summed E-state index contributed by atoms with van der Waals surface area (Å²) in [5.74, 6) is -1.66. The molecule has 0 fully saturated rings. The normalized spacial score (nSPS) is 13.5.